The van der Waals surface area contributed by atoms with E-state index in [4.69, 9.17) is 11.6 Å². The molecule has 0 atom stereocenters. The van der Waals surface area contributed by atoms with Crippen LogP contribution in [-0.2, 0) is 0 Å². The van der Waals surface area contributed by atoms with Gasteiger partial charge in [-0.25, -0.2) is 4.98 Å². The molecule has 0 saturated carbocycles. The summed E-state index contributed by atoms with van der Waals surface area (Å²) in [5.41, 5.74) is 0.430. The lowest BCUT2D eigenvalue weighted by Crippen LogP contribution is -2.37. The predicted molar refractivity (Wildman–Crippen MR) is 101 cm³/mol. The minimum absolute atomic E-state index is 0.198. The third kappa shape index (κ3) is 4.35. The molecule has 0 aromatic carbocycles. The van der Waals surface area contributed by atoms with Gasteiger partial charge in [0.1, 0.15) is 11.0 Å². The van der Waals surface area contributed by atoms with Gasteiger partial charge in [-0.15, -0.1) is 0 Å². The Morgan fingerprint density at radius 1 is 1.25 bits per heavy atom. The van der Waals surface area contributed by atoms with Gasteiger partial charge in [0, 0.05) is 30.6 Å². The van der Waals surface area contributed by atoms with E-state index < -0.39 is 0 Å². The van der Waals surface area contributed by atoms with Crippen molar-refractivity contribution in [2.45, 2.75) is 36.2 Å². The average Bonchev–Trinajstić information content (AvgIpc) is 2.62. The molecule has 0 unspecified atom stereocenters. The van der Waals surface area contributed by atoms with Gasteiger partial charge >= 0.3 is 0 Å². The Morgan fingerprint density at radius 2 is 1.92 bits per heavy atom. The van der Waals surface area contributed by atoms with Crippen LogP contribution in [0.2, 0.25) is 5.15 Å². The zero-order chi connectivity index (χ0) is 16.9. The van der Waals surface area contributed by atoms with Gasteiger partial charge < -0.3 is 15.5 Å². The lowest BCUT2D eigenvalue weighted by molar-refractivity contribution is 0.0963. The summed E-state index contributed by atoms with van der Waals surface area (Å²) in [4.78, 5) is 18.4. The molecule has 1 aromatic heterocycles. The van der Waals surface area contributed by atoms with E-state index in [0.717, 1.165) is 42.5 Å². The zero-order valence-electron chi connectivity index (χ0n) is 14.1. The Labute approximate surface area is 152 Å². The first-order valence-corrected chi connectivity index (χ1v) is 9.99. The number of hydrogen-bond donors (Lipinski definition) is 2. The van der Waals surface area contributed by atoms with Crippen LogP contribution >= 0.6 is 23.4 Å². The quantitative estimate of drug-likeness (QED) is 0.800. The lowest BCUT2D eigenvalue weighted by Gasteiger charge is -2.35. The van der Waals surface area contributed by atoms with Gasteiger partial charge in [-0.1, -0.05) is 11.6 Å². The third-order valence-electron chi connectivity index (χ3n) is 4.74. The molecule has 0 aliphatic carbocycles. The summed E-state index contributed by atoms with van der Waals surface area (Å²) < 4.78 is 0. The number of pyridine rings is 1. The molecular weight excluding hydrogens is 344 g/mol. The molecule has 2 aliphatic rings. The first-order valence-electron chi connectivity index (χ1n) is 8.67. The minimum atomic E-state index is -0.198. The molecule has 1 aromatic rings. The molecule has 5 nitrogen and oxygen atoms in total. The average molecular weight is 369 g/mol. The van der Waals surface area contributed by atoms with Crippen LogP contribution < -0.4 is 15.5 Å². The fraction of sp³-hybridized carbons (Fsp3) is 0.647. The summed E-state index contributed by atoms with van der Waals surface area (Å²) in [6.45, 7) is 4.34. The number of nitrogens with zero attached hydrogens (tertiary/aromatic N) is 2. The van der Waals surface area contributed by atoms with E-state index in [-0.39, 0.29) is 11.1 Å². The number of hydrogen-bond acceptors (Lipinski definition) is 5. The number of nitrogens with one attached hydrogen (secondary N) is 2. The third-order valence-corrected chi connectivity index (χ3v) is 6.74. The van der Waals surface area contributed by atoms with Crippen molar-refractivity contribution in [3.05, 3.63) is 22.8 Å². The number of carbonyl (C=O) groups excluding carboxylic acids is 1. The number of halogens is 1. The van der Waals surface area contributed by atoms with Crippen molar-refractivity contribution in [2.24, 2.45) is 0 Å². The molecule has 2 fully saturated rings. The first-order chi connectivity index (χ1) is 11.7. The van der Waals surface area contributed by atoms with Crippen LogP contribution in [-0.4, -0.2) is 54.6 Å². The van der Waals surface area contributed by atoms with Crippen molar-refractivity contribution < 1.29 is 4.79 Å². The van der Waals surface area contributed by atoms with Gasteiger partial charge in [0.15, 0.2) is 0 Å². The van der Waals surface area contributed by atoms with Gasteiger partial charge in [0.2, 0.25) is 0 Å². The van der Waals surface area contributed by atoms with Crippen LogP contribution in [0.25, 0.3) is 0 Å². The fourth-order valence-electron chi connectivity index (χ4n) is 3.33. The predicted octanol–water partition coefficient (Wildman–Crippen LogP) is 2.55. The van der Waals surface area contributed by atoms with Crippen LogP contribution in [0.4, 0.5) is 5.82 Å². The molecule has 2 aliphatic heterocycles. The molecule has 0 radical (unpaired) electrons. The largest absolute Gasteiger partial charge is 0.356 e. The van der Waals surface area contributed by atoms with E-state index in [1.807, 2.05) is 6.07 Å². The number of amides is 1. The van der Waals surface area contributed by atoms with E-state index in [2.05, 4.69) is 32.3 Å². The smallest absolute Gasteiger partial charge is 0.254 e. The minimum Gasteiger partial charge on any atom is -0.356 e. The highest BCUT2D eigenvalue weighted by molar-refractivity contribution is 8.00. The van der Waals surface area contributed by atoms with Crippen LogP contribution in [0.5, 0.6) is 0 Å². The van der Waals surface area contributed by atoms with Crippen molar-refractivity contribution in [3.63, 3.8) is 0 Å². The number of rotatable bonds is 4. The van der Waals surface area contributed by atoms with Crippen LogP contribution in [0, 0.1) is 0 Å². The number of thioether (sulfide) groups is 1. The molecule has 132 valence electrons. The molecule has 3 heterocycles. The highest BCUT2D eigenvalue weighted by Gasteiger charge is 2.25. The highest BCUT2D eigenvalue weighted by Crippen LogP contribution is 2.32. The van der Waals surface area contributed by atoms with Crippen molar-refractivity contribution in [3.8, 4) is 0 Å². The number of aromatic nitrogens is 1. The maximum absolute atomic E-state index is 11.7. The van der Waals surface area contributed by atoms with E-state index in [1.165, 1.54) is 25.7 Å². The van der Waals surface area contributed by atoms with Crippen LogP contribution in [0.1, 0.15) is 36.0 Å². The second kappa shape index (κ2) is 8.41. The summed E-state index contributed by atoms with van der Waals surface area (Å²) in [5, 5.41) is 7.87. The van der Waals surface area contributed by atoms with Crippen LogP contribution in [0.3, 0.4) is 0 Å². The lowest BCUT2D eigenvalue weighted by atomic mass is 10.1. The Bertz CT molecular complexity index is 572. The van der Waals surface area contributed by atoms with Crippen LogP contribution in [0.15, 0.2) is 12.1 Å². The number of carbonyl (C=O) groups is 1. The van der Waals surface area contributed by atoms with Crippen molar-refractivity contribution >= 4 is 35.1 Å². The summed E-state index contributed by atoms with van der Waals surface area (Å²) in [6, 6.07) is 3.66. The second-order valence-electron chi connectivity index (χ2n) is 6.36. The molecule has 0 spiro atoms. The van der Waals surface area contributed by atoms with Gasteiger partial charge in [-0.05, 0) is 50.9 Å². The van der Waals surface area contributed by atoms with Gasteiger partial charge in [0.25, 0.3) is 5.91 Å². The summed E-state index contributed by atoms with van der Waals surface area (Å²) in [5.74, 6) is 0.675. The standard InChI is InChI=1S/C17H25ClN4OS/c1-19-17(23)14-2-3-15(21-16(14)18)22-10-6-13(7-11-22)24-12-4-8-20-9-5-12/h2-3,12-13,20H,4-11H2,1H3,(H,19,23). The van der Waals surface area contributed by atoms with E-state index in [1.54, 1.807) is 13.1 Å². The maximum atomic E-state index is 11.7. The Balaban J connectivity index is 1.54. The van der Waals surface area contributed by atoms with Gasteiger partial charge in [0.05, 0.1) is 5.56 Å². The molecule has 0 bridgehead atoms. The van der Waals surface area contributed by atoms with E-state index in [0.29, 0.717) is 5.56 Å². The van der Waals surface area contributed by atoms with Crippen molar-refractivity contribution in [2.75, 3.05) is 38.1 Å². The normalized spacial score (nSPS) is 20.2. The SMILES string of the molecule is CNC(=O)c1ccc(N2CCC(SC3CCNCC3)CC2)nc1Cl. The fourth-order valence-corrected chi connectivity index (χ4v) is 5.10. The summed E-state index contributed by atoms with van der Waals surface area (Å²) in [7, 11) is 1.59. The second-order valence-corrected chi connectivity index (χ2v) is 8.32. The molecular formula is C17H25ClN4OS. The van der Waals surface area contributed by atoms with E-state index >= 15 is 0 Å². The Hall–Kier alpha value is -0.980. The number of anilines is 1. The highest BCUT2D eigenvalue weighted by atomic mass is 35.5. The molecule has 1 amide bonds. The topological polar surface area (TPSA) is 57.3 Å². The Morgan fingerprint density at radius 3 is 2.54 bits per heavy atom. The summed E-state index contributed by atoms with van der Waals surface area (Å²) >= 11 is 8.36. The van der Waals surface area contributed by atoms with Crippen molar-refractivity contribution in [1.82, 2.24) is 15.6 Å². The van der Waals surface area contributed by atoms with Gasteiger partial charge in [-0.3, -0.25) is 4.79 Å². The summed E-state index contributed by atoms with van der Waals surface area (Å²) in [6.07, 6.45) is 4.96. The van der Waals surface area contributed by atoms with Crippen molar-refractivity contribution in [1.29, 1.82) is 0 Å². The molecule has 2 saturated heterocycles. The Kier molecular flexibility index (Phi) is 6.25. The molecule has 3 rings (SSSR count). The first kappa shape index (κ1) is 17.8. The zero-order valence-corrected chi connectivity index (χ0v) is 15.6. The molecule has 2 N–H and O–H groups in total. The van der Waals surface area contributed by atoms with Gasteiger partial charge in [-0.2, -0.15) is 11.8 Å². The number of piperidine rings is 2. The maximum Gasteiger partial charge on any atom is 0.254 e. The van der Waals surface area contributed by atoms with E-state index in [9.17, 15) is 4.79 Å². The monoisotopic (exact) mass is 368 g/mol. The molecule has 24 heavy (non-hydrogen) atoms. The molecule has 7 heteroatoms.